The topological polar surface area (TPSA) is 88.9 Å². The lowest BCUT2D eigenvalue weighted by atomic mass is 10.2. The van der Waals surface area contributed by atoms with Crippen molar-refractivity contribution in [1.82, 2.24) is 20.1 Å². The number of nitrogens with one attached hydrogen (secondary N) is 2. The van der Waals surface area contributed by atoms with Gasteiger partial charge < -0.3 is 15.2 Å². The van der Waals surface area contributed by atoms with E-state index in [0.29, 0.717) is 22.5 Å². The van der Waals surface area contributed by atoms with Crippen LogP contribution in [0.15, 0.2) is 72.4 Å². The normalized spacial score (nSPS) is 10.8. The molecule has 0 bridgehead atoms. The highest BCUT2D eigenvalue weighted by Crippen LogP contribution is 2.19. The molecule has 0 saturated carbocycles. The molecule has 0 unspecified atom stereocenters. The molecule has 0 aliphatic rings. The fourth-order valence-electron chi connectivity index (χ4n) is 2.92. The largest absolute Gasteiger partial charge is 0.345 e. The van der Waals surface area contributed by atoms with Gasteiger partial charge in [0.25, 0.3) is 0 Å². The first-order chi connectivity index (χ1) is 16.0. The maximum atomic E-state index is 12.3. The van der Waals surface area contributed by atoms with E-state index in [0.717, 1.165) is 16.8 Å². The van der Waals surface area contributed by atoms with Gasteiger partial charge in [0.2, 0.25) is 11.8 Å². The molecule has 33 heavy (non-hydrogen) atoms. The van der Waals surface area contributed by atoms with Crippen LogP contribution in [0.1, 0.15) is 17.0 Å². The van der Waals surface area contributed by atoms with Crippen molar-refractivity contribution in [3.63, 3.8) is 0 Å². The van der Waals surface area contributed by atoms with Crippen LogP contribution in [0, 0.1) is 6.92 Å². The summed E-state index contributed by atoms with van der Waals surface area (Å²) in [6, 6.07) is 14.9. The zero-order chi connectivity index (χ0) is 23.6. The van der Waals surface area contributed by atoms with Gasteiger partial charge in [0.15, 0.2) is 11.0 Å². The Bertz CT molecular complexity index is 1180. The van der Waals surface area contributed by atoms with Gasteiger partial charge in [-0.3, -0.25) is 9.59 Å². The van der Waals surface area contributed by atoms with Crippen LogP contribution in [0.3, 0.4) is 0 Å². The number of thioether (sulfide) groups is 1. The molecule has 2 aromatic carbocycles. The number of nitrogens with zero attached hydrogens (tertiary/aromatic N) is 3. The number of carbonyl (C=O) groups is 2. The van der Waals surface area contributed by atoms with Gasteiger partial charge in [-0.2, -0.15) is 0 Å². The second-order valence-corrected chi connectivity index (χ2v) is 8.43. The number of aryl methyl sites for hydroxylation is 1. The van der Waals surface area contributed by atoms with E-state index in [1.807, 2.05) is 54.0 Å². The van der Waals surface area contributed by atoms with E-state index >= 15 is 0 Å². The Labute approximate surface area is 201 Å². The number of benzene rings is 2. The summed E-state index contributed by atoms with van der Waals surface area (Å²) >= 11 is 7.37. The van der Waals surface area contributed by atoms with Gasteiger partial charge in [0, 0.05) is 23.3 Å². The number of anilines is 1. The molecule has 0 aliphatic heterocycles. The van der Waals surface area contributed by atoms with E-state index in [2.05, 4.69) is 27.4 Å². The van der Waals surface area contributed by atoms with E-state index in [1.165, 1.54) is 17.8 Å². The number of rotatable bonds is 10. The van der Waals surface area contributed by atoms with Crippen LogP contribution in [0.2, 0.25) is 5.02 Å². The van der Waals surface area contributed by atoms with Gasteiger partial charge in [-0.05, 0) is 42.3 Å². The van der Waals surface area contributed by atoms with E-state index in [-0.39, 0.29) is 24.1 Å². The summed E-state index contributed by atoms with van der Waals surface area (Å²) in [6.45, 7) is 6.37. The van der Waals surface area contributed by atoms with Crippen LogP contribution in [-0.2, 0) is 22.7 Å². The maximum absolute atomic E-state index is 12.3. The Balaban J connectivity index is 1.57. The van der Waals surface area contributed by atoms with Crippen LogP contribution in [0.5, 0.6) is 0 Å². The lowest BCUT2D eigenvalue weighted by Gasteiger charge is -2.09. The summed E-state index contributed by atoms with van der Waals surface area (Å²) in [4.78, 5) is 24.5. The number of halogens is 1. The zero-order valence-electron chi connectivity index (χ0n) is 18.1. The summed E-state index contributed by atoms with van der Waals surface area (Å²) in [5.74, 6) is 0.319. The minimum atomic E-state index is -0.283. The number of carbonyl (C=O) groups excluding carboxylic acids is 2. The predicted octanol–water partition coefficient (Wildman–Crippen LogP) is 4.49. The van der Waals surface area contributed by atoms with Crippen LogP contribution in [-0.4, -0.2) is 32.3 Å². The first-order valence-electron chi connectivity index (χ1n) is 10.2. The van der Waals surface area contributed by atoms with E-state index in [4.69, 9.17) is 11.6 Å². The van der Waals surface area contributed by atoms with E-state index in [9.17, 15) is 9.59 Å². The van der Waals surface area contributed by atoms with Crippen LogP contribution >= 0.6 is 23.4 Å². The maximum Gasteiger partial charge on any atom is 0.244 e. The number of aromatic nitrogens is 3. The standard InChI is InChI=1S/C24H24ClN5O2S/c1-3-13-30-21(15-26-22(31)12-11-18-8-4-5-10-20(18)25)28-29-24(30)33-16-23(32)27-19-9-6-7-17(2)14-19/h3-12,14H,1,13,15-16H2,2H3,(H,26,31)(H,27,32). The predicted molar refractivity (Wildman–Crippen MR) is 133 cm³/mol. The molecule has 170 valence electrons. The Hall–Kier alpha value is -3.36. The molecule has 0 atom stereocenters. The smallest absolute Gasteiger partial charge is 0.244 e. The zero-order valence-corrected chi connectivity index (χ0v) is 19.7. The molecule has 2 N–H and O–H groups in total. The minimum absolute atomic E-state index is 0.140. The summed E-state index contributed by atoms with van der Waals surface area (Å²) in [7, 11) is 0. The van der Waals surface area contributed by atoms with Crippen molar-refractivity contribution in [3.05, 3.63) is 89.2 Å². The molecule has 0 radical (unpaired) electrons. The molecule has 2 amide bonds. The summed E-state index contributed by atoms with van der Waals surface area (Å²) in [5, 5.41) is 15.1. The second-order valence-electron chi connectivity index (χ2n) is 7.08. The van der Waals surface area contributed by atoms with Crippen molar-refractivity contribution < 1.29 is 9.59 Å². The van der Waals surface area contributed by atoms with Crippen molar-refractivity contribution in [2.75, 3.05) is 11.1 Å². The molecule has 3 aromatic rings. The van der Waals surface area contributed by atoms with Gasteiger partial charge >= 0.3 is 0 Å². The molecule has 0 saturated heterocycles. The summed E-state index contributed by atoms with van der Waals surface area (Å²) < 4.78 is 1.82. The van der Waals surface area contributed by atoms with Crippen molar-refractivity contribution in [1.29, 1.82) is 0 Å². The van der Waals surface area contributed by atoms with Crippen LogP contribution in [0.4, 0.5) is 5.69 Å². The fourth-order valence-corrected chi connectivity index (χ4v) is 3.89. The van der Waals surface area contributed by atoms with Gasteiger partial charge in [-0.25, -0.2) is 0 Å². The molecule has 7 nitrogen and oxygen atoms in total. The molecule has 3 rings (SSSR count). The van der Waals surface area contributed by atoms with Crippen molar-refractivity contribution >= 4 is 46.9 Å². The molecule has 0 fully saturated rings. The second kappa shape index (κ2) is 12.0. The Morgan fingerprint density at radius 2 is 2.00 bits per heavy atom. The van der Waals surface area contributed by atoms with Crippen molar-refractivity contribution in [2.45, 2.75) is 25.2 Å². The highest BCUT2D eigenvalue weighted by Gasteiger charge is 2.14. The van der Waals surface area contributed by atoms with Crippen LogP contribution < -0.4 is 10.6 Å². The summed E-state index contributed by atoms with van der Waals surface area (Å²) in [5.41, 5.74) is 2.58. The van der Waals surface area contributed by atoms with E-state index in [1.54, 1.807) is 18.2 Å². The lowest BCUT2D eigenvalue weighted by Crippen LogP contribution is -2.23. The third-order valence-corrected chi connectivity index (χ3v) is 5.79. The number of allylic oxidation sites excluding steroid dienone is 1. The van der Waals surface area contributed by atoms with Gasteiger partial charge in [0.05, 0.1) is 12.3 Å². The Morgan fingerprint density at radius 3 is 2.76 bits per heavy atom. The molecule has 0 aliphatic carbocycles. The lowest BCUT2D eigenvalue weighted by molar-refractivity contribution is -0.116. The van der Waals surface area contributed by atoms with Crippen molar-refractivity contribution in [2.24, 2.45) is 0 Å². The molecular weight excluding hydrogens is 458 g/mol. The Kier molecular flexibility index (Phi) is 8.86. The SMILES string of the molecule is C=CCn1c(CNC(=O)C=Cc2ccccc2Cl)nnc1SCC(=O)Nc1cccc(C)c1. The quantitative estimate of drug-likeness (QED) is 0.253. The average Bonchev–Trinajstić information content (AvgIpc) is 3.17. The van der Waals surface area contributed by atoms with Gasteiger partial charge in [-0.1, -0.05) is 59.8 Å². The summed E-state index contributed by atoms with van der Waals surface area (Å²) in [6.07, 6.45) is 4.78. The first-order valence-corrected chi connectivity index (χ1v) is 11.6. The third-order valence-electron chi connectivity index (χ3n) is 4.48. The van der Waals surface area contributed by atoms with Crippen molar-refractivity contribution in [3.8, 4) is 0 Å². The number of hydrogen-bond acceptors (Lipinski definition) is 5. The first kappa shape index (κ1) is 24.3. The number of amides is 2. The Morgan fingerprint density at radius 1 is 1.18 bits per heavy atom. The fraction of sp³-hybridized carbons (Fsp3) is 0.167. The van der Waals surface area contributed by atoms with Crippen LogP contribution in [0.25, 0.3) is 6.08 Å². The third kappa shape index (κ3) is 7.34. The number of hydrogen-bond donors (Lipinski definition) is 2. The average molecular weight is 482 g/mol. The highest BCUT2D eigenvalue weighted by molar-refractivity contribution is 7.99. The van der Waals surface area contributed by atoms with E-state index < -0.39 is 0 Å². The molecule has 0 spiro atoms. The molecular formula is C24H24ClN5O2S. The molecule has 9 heteroatoms. The molecule has 1 aromatic heterocycles. The highest BCUT2D eigenvalue weighted by atomic mass is 35.5. The van der Waals surface area contributed by atoms with Gasteiger partial charge in [-0.15, -0.1) is 16.8 Å². The minimum Gasteiger partial charge on any atom is -0.345 e. The molecule has 1 heterocycles. The monoisotopic (exact) mass is 481 g/mol. The van der Waals surface area contributed by atoms with Gasteiger partial charge in [0.1, 0.15) is 0 Å².